The molecule has 1 heterocycles. The number of benzene rings is 1. The third-order valence-corrected chi connectivity index (χ3v) is 2.99. The molecule has 0 aliphatic heterocycles. The van der Waals surface area contributed by atoms with Crippen LogP contribution in [0.4, 0.5) is 0 Å². The number of allylic oxidation sites excluding steroid dienone is 1. The van der Waals surface area contributed by atoms with Gasteiger partial charge in [-0.15, -0.1) is 5.10 Å². The van der Waals surface area contributed by atoms with Crippen molar-refractivity contribution < 1.29 is 14.6 Å². The highest BCUT2D eigenvalue weighted by molar-refractivity contribution is 5.86. The third kappa shape index (κ3) is 3.47. The Morgan fingerprint density at radius 2 is 2.05 bits per heavy atom. The fourth-order valence-electron chi connectivity index (χ4n) is 1.99. The summed E-state index contributed by atoms with van der Waals surface area (Å²) in [6.07, 6.45) is 0.436. The van der Waals surface area contributed by atoms with Gasteiger partial charge in [0, 0.05) is 6.42 Å². The number of rotatable bonds is 6. The Morgan fingerprint density at radius 3 is 2.57 bits per heavy atom. The van der Waals surface area contributed by atoms with E-state index in [0.717, 1.165) is 16.9 Å². The summed E-state index contributed by atoms with van der Waals surface area (Å²) in [4.78, 5) is 11.3. The van der Waals surface area contributed by atoms with Gasteiger partial charge in [0.2, 0.25) is 0 Å². The molecule has 0 fully saturated rings. The summed E-state index contributed by atoms with van der Waals surface area (Å²) < 4.78 is 6.69. The summed E-state index contributed by atoms with van der Waals surface area (Å²) in [6.45, 7) is 6.13. The Hall–Kier alpha value is -2.63. The molecule has 1 N–H and O–H groups in total. The smallest absolute Gasteiger partial charge is 0.358 e. The Bertz CT molecular complexity index is 659. The topological polar surface area (TPSA) is 77.2 Å². The van der Waals surface area contributed by atoms with Crippen molar-refractivity contribution in [3.05, 3.63) is 53.4 Å². The Balaban J connectivity index is 2.33. The molecule has 0 radical (unpaired) electrons. The Kier molecular flexibility index (Phi) is 4.37. The maximum Gasteiger partial charge on any atom is 0.358 e. The van der Waals surface area contributed by atoms with E-state index in [-0.39, 0.29) is 5.69 Å². The number of aromatic nitrogens is 3. The lowest BCUT2D eigenvalue weighted by atomic mass is 10.1. The lowest BCUT2D eigenvalue weighted by Gasteiger charge is -2.08. The van der Waals surface area contributed by atoms with Crippen LogP contribution in [0.5, 0.6) is 5.75 Å². The molecular formula is C15H17N3O3. The minimum Gasteiger partial charge on any atom is -0.497 e. The van der Waals surface area contributed by atoms with Crippen molar-refractivity contribution in [1.29, 1.82) is 0 Å². The van der Waals surface area contributed by atoms with Crippen LogP contribution >= 0.6 is 0 Å². The molecular weight excluding hydrogens is 270 g/mol. The molecule has 6 nitrogen and oxygen atoms in total. The Labute approximate surface area is 122 Å². The molecule has 1 aromatic carbocycles. The molecule has 21 heavy (non-hydrogen) atoms. The number of nitrogens with zero attached hydrogens (tertiary/aromatic N) is 3. The second kappa shape index (κ2) is 6.21. The molecule has 0 bridgehead atoms. The van der Waals surface area contributed by atoms with Crippen LogP contribution in [0.1, 0.15) is 28.7 Å². The van der Waals surface area contributed by atoms with E-state index in [2.05, 4.69) is 16.9 Å². The summed E-state index contributed by atoms with van der Waals surface area (Å²) in [5.41, 5.74) is 2.39. The van der Waals surface area contributed by atoms with Gasteiger partial charge in [-0.25, -0.2) is 9.48 Å². The highest BCUT2D eigenvalue weighted by Gasteiger charge is 2.19. The van der Waals surface area contributed by atoms with Crippen LogP contribution in [0.15, 0.2) is 36.4 Å². The predicted molar refractivity (Wildman–Crippen MR) is 77.6 cm³/mol. The molecule has 1 aromatic heterocycles. The molecule has 0 saturated carbocycles. The van der Waals surface area contributed by atoms with Gasteiger partial charge in [-0.1, -0.05) is 29.5 Å². The van der Waals surface area contributed by atoms with Gasteiger partial charge in [0.05, 0.1) is 19.3 Å². The van der Waals surface area contributed by atoms with E-state index in [1.165, 1.54) is 0 Å². The van der Waals surface area contributed by atoms with E-state index in [9.17, 15) is 9.90 Å². The lowest BCUT2D eigenvalue weighted by Crippen LogP contribution is -2.09. The van der Waals surface area contributed by atoms with Gasteiger partial charge >= 0.3 is 5.97 Å². The summed E-state index contributed by atoms with van der Waals surface area (Å²) in [6, 6.07) is 7.45. The third-order valence-electron chi connectivity index (χ3n) is 2.99. The number of carboxylic acids is 1. The summed E-state index contributed by atoms with van der Waals surface area (Å²) in [7, 11) is 1.60. The first-order chi connectivity index (χ1) is 10.0. The van der Waals surface area contributed by atoms with Gasteiger partial charge in [0.1, 0.15) is 5.75 Å². The molecule has 0 unspecified atom stereocenters. The van der Waals surface area contributed by atoms with Crippen LogP contribution in [0.2, 0.25) is 0 Å². The number of hydrogen-bond donors (Lipinski definition) is 1. The summed E-state index contributed by atoms with van der Waals surface area (Å²) in [5.74, 6) is -0.322. The number of aromatic carboxylic acids is 1. The van der Waals surface area contributed by atoms with Crippen molar-refractivity contribution >= 4 is 5.97 Å². The zero-order valence-electron chi connectivity index (χ0n) is 12.0. The first kappa shape index (κ1) is 14.8. The number of ether oxygens (including phenoxy) is 1. The fourth-order valence-corrected chi connectivity index (χ4v) is 1.99. The van der Waals surface area contributed by atoms with Gasteiger partial charge in [0.25, 0.3) is 0 Å². The van der Waals surface area contributed by atoms with E-state index in [0.29, 0.717) is 18.7 Å². The average Bonchev–Trinajstić information content (AvgIpc) is 2.82. The van der Waals surface area contributed by atoms with Crippen molar-refractivity contribution in [2.24, 2.45) is 0 Å². The predicted octanol–water partition coefficient (Wildman–Crippen LogP) is 2.15. The SMILES string of the molecule is C=C(C)Cn1nnc(C(=O)O)c1Cc1ccc(OC)cc1. The van der Waals surface area contributed by atoms with E-state index >= 15 is 0 Å². The summed E-state index contributed by atoms with van der Waals surface area (Å²) in [5, 5.41) is 16.9. The first-order valence-electron chi connectivity index (χ1n) is 6.44. The highest BCUT2D eigenvalue weighted by atomic mass is 16.5. The van der Waals surface area contributed by atoms with Crippen molar-refractivity contribution in [2.45, 2.75) is 19.9 Å². The second-order valence-electron chi connectivity index (χ2n) is 4.83. The molecule has 0 aliphatic carbocycles. The normalized spacial score (nSPS) is 10.4. The molecule has 0 spiro atoms. The van der Waals surface area contributed by atoms with Crippen LogP contribution in [0.25, 0.3) is 0 Å². The Morgan fingerprint density at radius 1 is 1.38 bits per heavy atom. The number of hydrogen-bond acceptors (Lipinski definition) is 4. The van der Waals surface area contributed by atoms with Gasteiger partial charge in [-0.2, -0.15) is 0 Å². The molecule has 0 aliphatic rings. The van der Waals surface area contributed by atoms with Crippen molar-refractivity contribution in [1.82, 2.24) is 15.0 Å². The van der Waals surface area contributed by atoms with Crippen LogP contribution in [-0.2, 0) is 13.0 Å². The van der Waals surface area contributed by atoms with Crippen LogP contribution in [-0.4, -0.2) is 33.2 Å². The molecule has 0 atom stereocenters. The molecule has 110 valence electrons. The molecule has 0 amide bonds. The van der Waals surface area contributed by atoms with Crippen LogP contribution in [0.3, 0.4) is 0 Å². The lowest BCUT2D eigenvalue weighted by molar-refractivity contribution is 0.0689. The van der Waals surface area contributed by atoms with Crippen molar-refractivity contribution in [3.63, 3.8) is 0 Å². The molecule has 6 heteroatoms. The van der Waals surface area contributed by atoms with Crippen LogP contribution in [0, 0.1) is 0 Å². The number of carboxylic acid groups (broad SMARTS) is 1. The number of carbonyl (C=O) groups is 1. The zero-order valence-corrected chi connectivity index (χ0v) is 12.0. The van der Waals surface area contributed by atoms with Crippen molar-refractivity contribution in [3.8, 4) is 5.75 Å². The highest BCUT2D eigenvalue weighted by Crippen LogP contribution is 2.17. The molecule has 0 saturated heterocycles. The maximum atomic E-state index is 11.3. The van der Waals surface area contributed by atoms with Crippen LogP contribution < -0.4 is 4.74 Å². The first-order valence-corrected chi connectivity index (χ1v) is 6.44. The zero-order chi connectivity index (χ0) is 15.4. The standard InChI is InChI=1S/C15H17N3O3/c1-10(2)9-18-13(14(15(19)20)16-17-18)8-11-4-6-12(21-3)7-5-11/h4-7H,1,8-9H2,2-3H3,(H,19,20). The van der Waals surface area contributed by atoms with Gasteiger partial charge in [-0.3, -0.25) is 0 Å². The van der Waals surface area contributed by atoms with Gasteiger partial charge in [-0.05, 0) is 24.6 Å². The average molecular weight is 287 g/mol. The minimum absolute atomic E-state index is 0.0212. The minimum atomic E-state index is -1.08. The van der Waals surface area contributed by atoms with E-state index in [1.807, 2.05) is 31.2 Å². The molecule has 2 rings (SSSR count). The maximum absolute atomic E-state index is 11.3. The fraction of sp³-hybridized carbons (Fsp3) is 0.267. The van der Waals surface area contributed by atoms with Crippen molar-refractivity contribution in [2.75, 3.05) is 7.11 Å². The van der Waals surface area contributed by atoms with E-state index in [1.54, 1.807) is 11.8 Å². The monoisotopic (exact) mass is 287 g/mol. The quantitative estimate of drug-likeness (QED) is 0.824. The van der Waals surface area contributed by atoms with Gasteiger partial charge in [0.15, 0.2) is 5.69 Å². The van der Waals surface area contributed by atoms with Gasteiger partial charge < -0.3 is 9.84 Å². The largest absolute Gasteiger partial charge is 0.497 e. The molecule has 2 aromatic rings. The van der Waals surface area contributed by atoms with E-state index < -0.39 is 5.97 Å². The second-order valence-corrected chi connectivity index (χ2v) is 4.83. The number of methoxy groups -OCH3 is 1. The van der Waals surface area contributed by atoms with E-state index in [4.69, 9.17) is 4.74 Å². The summed E-state index contributed by atoms with van der Waals surface area (Å²) >= 11 is 0.